The van der Waals surface area contributed by atoms with Crippen LogP contribution in [0.3, 0.4) is 0 Å². The number of hydrogen-bond acceptors (Lipinski definition) is 1. The first-order valence-electron chi connectivity index (χ1n) is 5.16. The second-order valence-corrected chi connectivity index (χ2v) is 6.36. The van der Waals surface area contributed by atoms with Gasteiger partial charge < -0.3 is 0 Å². The quantitative estimate of drug-likeness (QED) is 0.565. The first kappa shape index (κ1) is 10.8. The Kier molecular flexibility index (Phi) is 4.95. The van der Waals surface area contributed by atoms with Crippen LogP contribution in [-0.2, 0) is 4.74 Å². The second kappa shape index (κ2) is 5.48. The predicted octanol–water partition coefficient (Wildman–Crippen LogP) is 2.63. The molecular weight excluding hydrogens is 255 g/mol. The number of unbranched alkanes of at least 4 members (excludes halogenated alkanes) is 2. The second-order valence-electron chi connectivity index (χ2n) is 3.76. The van der Waals surface area contributed by atoms with Crippen LogP contribution in [-0.4, -0.2) is 32.7 Å². The SMILES string of the molecule is CCCCC[C]1([Sn])CCCCO1. The summed E-state index contributed by atoms with van der Waals surface area (Å²) in [6.45, 7) is 3.27. The maximum absolute atomic E-state index is 5.85. The average molecular weight is 274 g/mol. The van der Waals surface area contributed by atoms with Crippen molar-refractivity contribution in [2.75, 3.05) is 6.61 Å². The molecule has 0 aliphatic carbocycles. The molecule has 0 saturated carbocycles. The van der Waals surface area contributed by atoms with Crippen LogP contribution in [0.2, 0.25) is 0 Å². The monoisotopic (exact) mass is 275 g/mol. The predicted molar refractivity (Wildman–Crippen MR) is 52.4 cm³/mol. The molecule has 1 atom stereocenters. The summed E-state index contributed by atoms with van der Waals surface area (Å²) in [5.74, 6) is 0. The van der Waals surface area contributed by atoms with Crippen LogP contribution in [0.5, 0.6) is 0 Å². The van der Waals surface area contributed by atoms with Gasteiger partial charge in [0.1, 0.15) is 0 Å². The molecular formula is C10H19OSn. The molecule has 0 spiro atoms. The minimum absolute atomic E-state index is 0.320. The zero-order valence-electron chi connectivity index (χ0n) is 8.07. The molecule has 12 heavy (non-hydrogen) atoms. The van der Waals surface area contributed by atoms with E-state index in [9.17, 15) is 0 Å². The van der Waals surface area contributed by atoms with Gasteiger partial charge >= 0.3 is 89.4 Å². The molecule has 1 nitrogen and oxygen atoms in total. The zero-order valence-corrected chi connectivity index (χ0v) is 10.9. The van der Waals surface area contributed by atoms with Gasteiger partial charge in [-0.2, -0.15) is 0 Å². The van der Waals surface area contributed by atoms with Crippen LogP contribution >= 0.6 is 0 Å². The number of rotatable bonds is 4. The summed E-state index contributed by atoms with van der Waals surface area (Å²) in [6.07, 6.45) is 9.35. The Bertz CT molecular complexity index is 119. The van der Waals surface area contributed by atoms with Crippen molar-refractivity contribution in [3.05, 3.63) is 0 Å². The van der Waals surface area contributed by atoms with Crippen molar-refractivity contribution in [1.82, 2.24) is 0 Å². The van der Waals surface area contributed by atoms with Gasteiger partial charge in [0.05, 0.1) is 0 Å². The van der Waals surface area contributed by atoms with E-state index in [2.05, 4.69) is 6.92 Å². The fraction of sp³-hybridized carbons (Fsp3) is 1.00. The third-order valence-electron chi connectivity index (χ3n) is 2.54. The summed E-state index contributed by atoms with van der Waals surface area (Å²) in [5.41, 5.74) is 0. The Hall–Kier alpha value is 0.759. The van der Waals surface area contributed by atoms with Crippen LogP contribution in [0.1, 0.15) is 51.9 Å². The van der Waals surface area contributed by atoms with E-state index in [1.165, 1.54) is 44.9 Å². The van der Waals surface area contributed by atoms with Gasteiger partial charge in [-0.1, -0.05) is 0 Å². The molecule has 3 radical (unpaired) electrons. The molecule has 0 amide bonds. The molecule has 2 heteroatoms. The van der Waals surface area contributed by atoms with Crippen molar-refractivity contribution >= 4 is 22.5 Å². The van der Waals surface area contributed by atoms with Gasteiger partial charge in [-0.3, -0.25) is 0 Å². The molecule has 0 N–H and O–H groups in total. The molecule has 1 saturated heterocycles. The standard InChI is InChI=1S/C10H19O.Sn/c1-2-3-4-7-10-8-5-6-9-11-10;/h2-9H2,1H3;. The van der Waals surface area contributed by atoms with E-state index in [-0.39, 0.29) is 0 Å². The van der Waals surface area contributed by atoms with Gasteiger partial charge in [0, 0.05) is 0 Å². The van der Waals surface area contributed by atoms with Crippen molar-refractivity contribution in [3.63, 3.8) is 0 Å². The molecule has 1 rings (SSSR count). The fourth-order valence-corrected chi connectivity index (χ4v) is 3.01. The van der Waals surface area contributed by atoms with Gasteiger partial charge in [0.15, 0.2) is 0 Å². The summed E-state index contributed by atoms with van der Waals surface area (Å²) < 4.78 is 6.17. The van der Waals surface area contributed by atoms with Gasteiger partial charge in [-0.25, -0.2) is 0 Å². The van der Waals surface area contributed by atoms with Crippen LogP contribution in [0.4, 0.5) is 0 Å². The number of hydrogen-bond donors (Lipinski definition) is 0. The molecule has 0 bridgehead atoms. The van der Waals surface area contributed by atoms with Crippen LogP contribution in [0.25, 0.3) is 0 Å². The third kappa shape index (κ3) is 3.65. The average Bonchev–Trinajstić information content (AvgIpc) is 2.06. The Balaban J connectivity index is 2.17. The Labute approximate surface area is 89.3 Å². The van der Waals surface area contributed by atoms with Crippen molar-refractivity contribution in [2.45, 2.75) is 55.5 Å². The molecule has 1 aliphatic rings. The van der Waals surface area contributed by atoms with E-state index in [1.54, 1.807) is 22.5 Å². The Morgan fingerprint density at radius 1 is 1.33 bits per heavy atom. The first-order valence-corrected chi connectivity index (χ1v) is 6.58. The van der Waals surface area contributed by atoms with Gasteiger partial charge in [0.25, 0.3) is 0 Å². The van der Waals surface area contributed by atoms with E-state index in [0.29, 0.717) is 3.62 Å². The van der Waals surface area contributed by atoms with Crippen LogP contribution in [0.15, 0.2) is 0 Å². The summed E-state index contributed by atoms with van der Waals surface area (Å²) in [4.78, 5) is 0. The van der Waals surface area contributed by atoms with Crippen molar-refractivity contribution < 1.29 is 4.74 Å². The molecule has 1 heterocycles. The minimum atomic E-state index is 0.320. The third-order valence-corrected chi connectivity index (χ3v) is 4.38. The van der Waals surface area contributed by atoms with E-state index < -0.39 is 0 Å². The topological polar surface area (TPSA) is 9.23 Å². The summed E-state index contributed by atoms with van der Waals surface area (Å²) in [6, 6.07) is 0. The summed E-state index contributed by atoms with van der Waals surface area (Å²) in [5, 5.41) is 0. The molecule has 0 aromatic heterocycles. The van der Waals surface area contributed by atoms with Gasteiger partial charge in [0.2, 0.25) is 0 Å². The Morgan fingerprint density at radius 2 is 2.17 bits per heavy atom. The van der Waals surface area contributed by atoms with E-state index >= 15 is 0 Å². The summed E-state index contributed by atoms with van der Waals surface area (Å²) in [7, 11) is 0. The van der Waals surface area contributed by atoms with E-state index in [4.69, 9.17) is 4.74 Å². The number of ether oxygens (including phenoxy) is 1. The summed E-state index contributed by atoms with van der Waals surface area (Å²) >= 11 is 1.60. The van der Waals surface area contributed by atoms with Gasteiger partial charge in [-0.05, 0) is 0 Å². The van der Waals surface area contributed by atoms with E-state index in [1.807, 2.05) is 0 Å². The van der Waals surface area contributed by atoms with E-state index in [0.717, 1.165) is 6.61 Å². The molecule has 0 aromatic carbocycles. The fourth-order valence-electron chi connectivity index (χ4n) is 1.71. The zero-order chi connectivity index (χ0) is 8.86. The van der Waals surface area contributed by atoms with Crippen molar-refractivity contribution in [2.24, 2.45) is 0 Å². The van der Waals surface area contributed by atoms with Crippen LogP contribution in [0, 0.1) is 0 Å². The van der Waals surface area contributed by atoms with Gasteiger partial charge in [-0.15, -0.1) is 0 Å². The molecule has 0 aromatic rings. The molecule has 1 unspecified atom stereocenters. The first-order chi connectivity index (χ1) is 5.77. The molecule has 1 aliphatic heterocycles. The van der Waals surface area contributed by atoms with Crippen LogP contribution < -0.4 is 0 Å². The Morgan fingerprint density at radius 3 is 2.75 bits per heavy atom. The maximum atomic E-state index is 5.85. The molecule has 1 fully saturated rings. The van der Waals surface area contributed by atoms with Crippen molar-refractivity contribution in [3.8, 4) is 0 Å². The normalized spacial score (nSPS) is 30.5. The molecule has 69 valence electrons. The van der Waals surface area contributed by atoms with Crippen molar-refractivity contribution in [1.29, 1.82) is 0 Å².